The highest BCUT2D eigenvalue weighted by Gasteiger charge is 2.12. The molecule has 0 aliphatic rings. The van der Waals surface area contributed by atoms with E-state index in [1.54, 1.807) is 30.3 Å². The molecule has 0 spiro atoms. The Kier molecular flexibility index (Phi) is 3.87. The Morgan fingerprint density at radius 2 is 1.95 bits per heavy atom. The van der Waals surface area contributed by atoms with Crippen LogP contribution in [0.15, 0.2) is 36.4 Å². The fraction of sp³-hybridized carbons (Fsp3) is 0.0714. The van der Waals surface area contributed by atoms with Gasteiger partial charge in [0.05, 0.1) is 10.7 Å². The van der Waals surface area contributed by atoms with Gasteiger partial charge in [0.25, 0.3) is 0 Å². The molecule has 1 aromatic carbocycles. The maximum absolute atomic E-state index is 12.1. The molecule has 0 unspecified atom stereocenters. The zero-order valence-corrected chi connectivity index (χ0v) is 13.0. The van der Waals surface area contributed by atoms with Gasteiger partial charge in [-0.2, -0.15) is 0 Å². The number of hydrogen-bond donors (Lipinski definition) is 2. The number of aromatic nitrogens is 3. The van der Waals surface area contributed by atoms with E-state index in [1.807, 2.05) is 13.0 Å². The van der Waals surface area contributed by atoms with Crippen LogP contribution in [0.1, 0.15) is 5.56 Å². The number of aryl methyl sites for hydroxylation is 1. The Hall–Kier alpha value is -2.31. The van der Waals surface area contributed by atoms with E-state index in [-0.39, 0.29) is 5.95 Å². The van der Waals surface area contributed by atoms with E-state index in [1.165, 1.54) is 4.40 Å². The van der Waals surface area contributed by atoms with Crippen LogP contribution in [0.3, 0.4) is 0 Å². The maximum Gasteiger partial charge on any atom is 0.326 e. The van der Waals surface area contributed by atoms with Crippen LogP contribution in [0.2, 0.25) is 10.2 Å². The van der Waals surface area contributed by atoms with Gasteiger partial charge in [-0.1, -0.05) is 35.3 Å². The molecular weight excluding hydrogens is 325 g/mol. The highest BCUT2D eigenvalue weighted by molar-refractivity contribution is 6.33. The number of anilines is 2. The first-order valence-electron chi connectivity index (χ1n) is 6.38. The molecule has 0 bridgehead atoms. The summed E-state index contributed by atoms with van der Waals surface area (Å²) in [5.41, 5.74) is 2.05. The molecule has 2 N–H and O–H groups in total. The fourth-order valence-electron chi connectivity index (χ4n) is 1.96. The lowest BCUT2D eigenvalue weighted by atomic mass is 10.2. The second-order valence-corrected chi connectivity index (χ2v) is 5.42. The number of carbonyl (C=O) groups excluding carboxylic acids is 1. The van der Waals surface area contributed by atoms with Gasteiger partial charge < -0.3 is 5.32 Å². The van der Waals surface area contributed by atoms with Crippen molar-refractivity contribution in [1.82, 2.24) is 14.6 Å². The summed E-state index contributed by atoms with van der Waals surface area (Å²) in [5, 5.41) is 13.9. The average molecular weight is 336 g/mol. The van der Waals surface area contributed by atoms with E-state index in [0.29, 0.717) is 21.5 Å². The van der Waals surface area contributed by atoms with Gasteiger partial charge >= 0.3 is 6.03 Å². The number of benzene rings is 1. The molecule has 2 aromatic heterocycles. The SMILES string of the molecule is Cc1ccc(NC(=O)Nc2nnc3cccc(Cl)n23)c(Cl)c1. The molecule has 2 amide bonds. The summed E-state index contributed by atoms with van der Waals surface area (Å²) >= 11 is 12.2. The monoisotopic (exact) mass is 335 g/mol. The Labute approximate surface area is 136 Å². The largest absolute Gasteiger partial charge is 0.326 e. The minimum absolute atomic E-state index is 0.223. The number of fused-ring (bicyclic) bond motifs is 1. The van der Waals surface area contributed by atoms with E-state index >= 15 is 0 Å². The Morgan fingerprint density at radius 3 is 2.73 bits per heavy atom. The van der Waals surface area contributed by atoms with Crippen molar-refractivity contribution in [1.29, 1.82) is 0 Å². The first-order valence-corrected chi connectivity index (χ1v) is 7.14. The molecule has 0 saturated carbocycles. The molecule has 8 heteroatoms. The van der Waals surface area contributed by atoms with Crippen molar-refractivity contribution in [2.24, 2.45) is 0 Å². The quantitative estimate of drug-likeness (QED) is 0.695. The van der Waals surface area contributed by atoms with Gasteiger partial charge in [0, 0.05) is 0 Å². The number of hydrogen-bond acceptors (Lipinski definition) is 3. The van der Waals surface area contributed by atoms with Gasteiger partial charge in [-0.25, -0.2) is 4.79 Å². The second kappa shape index (κ2) is 5.82. The third kappa shape index (κ3) is 2.84. The molecular formula is C14H11Cl2N5O. The minimum atomic E-state index is -0.486. The zero-order valence-electron chi connectivity index (χ0n) is 11.5. The third-order valence-electron chi connectivity index (χ3n) is 2.98. The van der Waals surface area contributed by atoms with Crippen molar-refractivity contribution >= 4 is 46.5 Å². The van der Waals surface area contributed by atoms with Crippen LogP contribution in [0.4, 0.5) is 16.4 Å². The standard InChI is InChI=1S/C14H11Cl2N5O/c1-8-5-6-10(9(15)7-8)17-14(22)18-13-20-19-12-4-2-3-11(16)21(12)13/h2-7H,1H3,(H2,17,18,20,22). The summed E-state index contributed by atoms with van der Waals surface area (Å²) in [6, 6.07) is 10.0. The number of nitrogens with one attached hydrogen (secondary N) is 2. The lowest BCUT2D eigenvalue weighted by Crippen LogP contribution is -2.21. The van der Waals surface area contributed by atoms with E-state index < -0.39 is 6.03 Å². The van der Waals surface area contributed by atoms with Crippen LogP contribution in [-0.4, -0.2) is 20.6 Å². The molecule has 0 radical (unpaired) electrons. The van der Waals surface area contributed by atoms with Gasteiger partial charge in [-0.05, 0) is 36.8 Å². The van der Waals surface area contributed by atoms with Crippen molar-refractivity contribution in [3.63, 3.8) is 0 Å². The summed E-state index contributed by atoms with van der Waals surface area (Å²) in [7, 11) is 0. The topological polar surface area (TPSA) is 71.3 Å². The summed E-state index contributed by atoms with van der Waals surface area (Å²) in [6.07, 6.45) is 0. The van der Waals surface area contributed by atoms with E-state index in [9.17, 15) is 4.79 Å². The van der Waals surface area contributed by atoms with Crippen molar-refractivity contribution in [3.05, 3.63) is 52.1 Å². The molecule has 6 nitrogen and oxygen atoms in total. The van der Waals surface area contributed by atoms with Gasteiger partial charge in [0.1, 0.15) is 5.15 Å². The first-order chi connectivity index (χ1) is 10.5. The highest BCUT2D eigenvalue weighted by Crippen LogP contribution is 2.23. The predicted molar refractivity (Wildman–Crippen MR) is 86.8 cm³/mol. The molecule has 2 heterocycles. The molecule has 22 heavy (non-hydrogen) atoms. The van der Waals surface area contributed by atoms with Crippen LogP contribution in [-0.2, 0) is 0 Å². The molecule has 0 aliphatic heterocycles. The molecule has 0 atom stereocenters. The Bertz CT molecular complexity index is 862. The lowest BCUT2D eigenvalue weighted by molar-refractivity contribution is 0.262. The maximum atomic E-state index is 12.1. The van der Waals surface area contributed by atoms with Gasteiger partial charge in [0.15, 0.2) is 5.65 Å². The van der Waals surface area contributed by atoms with Gasteiger partial charge in [-0.15, -0.1) is 10.2 Å². The third-order valence-corrected chi connectivity index (χ3v) is 3.59. The fourth-order valence-corrected chi connectivity index (χ4v) is 2.48. The van der Waals surface area contributed by atoms with Crippen molar-refractivity contribution in [2.75, 3.05) is 10.6 Å². The second-order valence-electron chi connectivity index (χ2n) is 4.63. The van der Waals surface area contributed by atoms with Crippen LogP contribution >= 0.6 is 23.2 Å². The van der Waals surface area contributed by atoms with Crippen LogP contribution < -0.4 is 10.6 Å². The smallest absolute Gasteiger partial charge is 0.306 e. The minimum Gasteiger partial charge on any atom is -0.306 e. The van der Waals surface area contributed by atoms with Crippen LogP contribution in [0, 0.1) is 6.92 Å². The van der Waals surface area contributed by atoms with Crippen molar-refractivity contribution in [3.8, 4) is 0 Å². The van der Waals surface area contributed by atoms with E-state index in [4.69, 9.17) is 23.2 Å². The number of rotatable bonds is 2. The van der Waals surface area contributed by atoms with Gasteiger partial charge in [0.2, 0.25) is 5.95 Å². The van der Waals surface area contributed by atoms with Crippen LogP contribution in [0.25, 0.3) is 5.65 Å². The Morgan fingerprint density at radius 1 is 1.14 bits per heavy atom. The molecule has 3 aromatic rings. The summed E-state index contributed by atoms with van der Waals surface area (Å²) in [5.74, 6) is 0.223. The van der Waals surface area contributed by atoms with Crippen molar-refractivity contribution in [2.45, 2.75) is 6.92 Å². The molecule has 3 rings (SSSR count). The normalized spacial score (nSPS) is 10.7. The molecule has 112 valence electrons. The summed E-state index contributed by atoms with van der Waals surface area (Å²) in [4.78, 5) is 12.1. The summed E-state index contributed by atoms with van der Waals surface area (Å²) in [6.45, 7) is 1.92. The molecule has 0 saturated heterocycles. The lowest BCUT2D eigenvalue weighted by Gasteiger charge is -2.09. The average Bonchev–Trinajstić information content (AvgIpc) is 2.86. The number of halogens is 2. The number of urea groups is 1. The van der Waals surface area contributed by atoms with Crippen LogP contribution in [0.5, 0.6) is 0 Å². The first kappa shape index (κ1) is 14.6. The van der Waals surface area contributed by atoms with Gasteiger partial charge in [-0.3, -0.25) is 9.72 Å². The number of amides is 2. The zero-order chi connectivity index (χ0) is 15.7. The number of nitrogens with zero attached hydrogens (tertiary/aromatic N) is 3. The Balaban J connectivity index is 1.81. The summed E-state index contributed by atoms with van der Waals surface area (Å²) < 4.78 is 1.53. The number of carbonyl (C=O) groups is 1. The predicted octanol–water partition coefficient (Wildman–Crippen LogP) is 3.99. The van der Waals surface area contributed by atoms with E-state index in [0.717, 1.165) is 5.56 Å². The highest BCUT2D eigenvalue weighted by atomic mass is 35.5. The molecule has 0 aliphatic carbocycles. The number of pyridine rings is 1. The molecule has 0 fully saturated rings. The van der Waals surface area contributed by atoms with Crippen molar-refractivity contribution < 1.29 is 4.79 Å². The van der Waals surface area contributed by atoms with E-state index in [2.05, 4.69) is 20.8 Å².